The van der Waals surface area contributed by atoms with E-state index in [9.17, 15) is 11.0 Å². The molecule has 0 unspecified atom stereocenters. The SMILES string of the molecule is [2H]c1c([2H])c([2H])c(-c2c3c([2H])c([2H])c([2H])c([2H])c3c(-c3c(-c4c([2H])c([2H])c(-c5ccccc5)c([2H])c4[2H])oc4ccc(-c5ccccc5)cc34)c3c([2H])c([2H])c([2H])c([2H])c23)c([2H])c1[2H]. The van der Waals surface area contributed by atoms with Crippen LogP contribution in [-0.2, 0) is 0 Å². The average molecular weight is 616 g/mol. The minimum Gasteiger partial charge on any atom is -0.455 e. The minimum atomic E-state index is -0.804. The summed E-state index contributed by atoms with van der Waals surface area (Å²) < 4.78 is 161. The average Bonchev–Trinajstić information content (AvgIpc) is 3.67. The van der Waals surface area contributed by atoms with E-state index in [-0.39, 0.29) is 39.0 Å². The van der Waals surface area contributed by atoms with Crippen molar-refractivity contribution in [3.05, 3.63) is 182 Å². The fourth-order valence-corrected chi connectivity index (χ4v) is 6.01. The fraction of sp³-hybridized carbons (Fsp3) is 0. The second-order valence-electron chi connectivity index (χ2n) is 10.7. The van der Waals surface area contributed by atoms with Crippen LogP contribution in [0.1, 0.15) is 23.3 Å². The van der Waals surface area contributed by atoms with Gasteiger partial charge in [0.1, 0.15) is 11.3 Å². The molecule has 0 aliphatic carbocycles. The van der Waals surface area contributed by atoms with Crippen LogP contribution in [0.15, 0.2) is 186 Å². The number of benzene rings is 8. The van der Waals surface area contributed by atoms with Gasteiger partial charge in [0.15, 0.2) is 0 Å². The van der Waals surface area contributed by atoms with Gasteiger partial charge in [-0.3, -0.25) is 0 Å². The van der Waals surface area contributed by atoms with Gasteiger partial charge in [0.2, 0.25) is 0 Å². The molecule has 0 atom stereocenters. The van der Waals surface area contributed by atoms with Gasteiger partial charge < -0.3 is 4.42 Å². The maximum atomic E-state index is 9.54. The van der Waals surface area contributed by atoms with E-state index in [0.717, 1.165) is 5.56 Å². The van der Waals surface area contributed by atoms with Crippen molar-refractivity contribution in [2.45, 2.75) is 0 Å². The Kier molecular flexibility index (Phi) is 3.60. The molecule has 9 aromatic rings. The van der Waals surface area contributed by atoms with Crippen LogP contribution in [-0.4, -0.2) is 0 Å². The minimum absolute atomic E-state index is 0.00882. The van der Waals surface area contributed by atoms with Crippen LogP contribution in [0, 0.1) is 0 Å². The molecule has 1 heteroatoms. The summed E-state index contributed by atoms with van der Waals surface area (Å²) in [5.41, 5.74) is 0.0235. The largest absolute Gasteiger partial charge is 0.455 e. The molecule has 0 aliphatic heterocycles. The van der Waals surface area contributed by atoms with E-state index in [1.54, 1.807) is 48.5 Å². The van der Waals surface area contributed by atoms with Gasteiger partial charge in [0.05, 0.1) is 23.3 Å². The highest BCUT2D eigenvalue weighted by Crippen LogP contribution is 2.50. The Morgan fingerprint density at radius 2 is 0.851 bits per heavy atom. The Balaban J connectivity index is 1.61. The van der Waals surface area contributed by atoms with Gasteiger partial charge >= 0.3 is 0 Å². The predicted octanol–water partition coefficient (Wildman–Crippen LogP) is 13.1. The van der Waals surface area contributed by atoms with E-state index in [1.165, 1.54) is 0 Å². The first-order valence-electron chi connectivity index (χ1n) is 23.2. The summed E-state index contributed by atoms with van der Waals surface area (Å²) in [5, 5.41) is -1.49. The van der Waals surface area contributed by atoms with E-state index in [2.05, 4.69) is 0 Å². The highest BCUT2D eigenvalue weighted by atomic mass is 16.3. The molecule has 9 rings (SSSR count). The number of furan rings is 1. The van der Waals surface area contributed by atoms with Crippen molar-refractivity contribution in [1.29, 1.82) is 0 Å². The summed E-state index contributed by atoms with van der Waals surface area (Å²) >= 11 is 0. The van der Waals surface area contributed by atoms with Crippen LogP contribution in [0.4, 0.5) is 0 Å². The number of rotatable bonds is 5. The topological polar surface area (TPSA) is 13.1 Å². The molecular formula is C46H30O. The molecule has 1 heterocycles. The summed E-state index contributed by atoms with van der Waals surface area (Å²) in [5.74, 6) is -0.324. The summed E-state index contributed by atoms with van der Waals surface area (Å²) in [6, 6.07) is 10.4. The van der Waals surface area contributed by atoms with E-state index in [1.807, 2.05) is 30.3 Å². The highest BCUT2D eigenvalue weighted by molar-refractivity contribution is 6.25. The van der Waals surface area contributed by atoms with Crippen molar-refractivity contribution in [2.75, 3.05) is 0 Å². The number of hydrogen-bond acceptors (Lipinski definition) is 1. The molecule has 0 spiro atoms. The van der Waals surface area contributed by atoms with E-state index in [0.29, 0.717) is 11.1 Å². The molecule has 0 radical (unpaired) electrons. The molecule has 47 heavy (non-hydrogen) atoms. The molecule has 8 aromatic carbocycles. The molecule has 1 nitrogen and oxygen atoms in total. The maximum absolute atomic E-state index is 9.54. The van der Waals surface area contributed by atoms with Crippen LogP contribution in [0.3, 0.4) is 0 Å². The Hall–Kier alpha value is -6.18. The van der Waals surface area contributed by atoms with Crippen molar-refractivity contribution in [1.82, 2.24) is 0 Å². The lowest BCUT2D eigenvalue weighted by Gasteiger charge is -2.18. The zero-order chi connectivity index (χ0) is 46.0. The molecule has 0 aliphatic rings. The third-order valence-corrected chi connectivity index (χ3v) is 8.08. The molecule has 0 fully saturated rings. The second kappa shape index (κ2) is 11.3. The smallest absolute Gasteiger partial charge is 0.143 e. The molecule has 0 amide bonds. The van der Waals surface area contributed by atoms with Crippen molar-refractivity contribution < 1.29 is 27.7 Å². The van der Waals surface area contributed by atoms with Crippen LogP contribution in [0.2, 0.25) is 0 Å². The Bertz CT molecular complexity index is 3370. The maximum Gasteiger partial charge on any atom is 0.143 e. The quantitative estimate of drug-likeness (QED) is 0.176. The molecule has 0 bridgehead atoms. The first-order valence-corrected chi connectivity index (χ1v) is 14.7. The summed E-state index contributed by atoms with van der Waals surface area (Å²) in [6.45, 7) is 0. The summed E-state index contributed by atoms with van der Waals surface area (Å²) in [6.07, 6.45) is 0. The Labute approximate surface area is 297 Å². The standard InChI is InChI=1S/C46H30O/c1-4-14-31(15-5-1)33-24-26-35(27-25-33)46-45(41-30-36(28-29-42(41)47-46)32-16-6-2-7-17-32)44-39-22-12-10-20-37(39)43(34-18-8-3-9-19-34)38-21-11-13-23-40(38)44/h1-30H/i3D,8D,9D,10D,11D,12D,13D,18D,19D,20D,21D,22D,23D,24D,25D,26D,27D. The Morgan fingerprint density at radius 1 is 0.340 bits per heavy atom. The lowest BCUT2D eigenvalue weighted by Crippen LogP contribution is -1.91. The van der Waals surface area contributed by atoms with Gasteiger partial charge in [-0.05, 0) is 67.1 Å². The monoisotopic (exact) mass is 615 g/mol. The number of fused-ring (bicyclic) bond motifs is 3. The van der Waals surface area contributed by atoms with Crippen molar-refractivity contribution in [2.24, 2.45) is 0 Å². The van der Waals surface area contributed by atoms with Gasteiger partial charge in [-0.25, -0.2) is 0 Å². The van der Waals surface area contributed by atoms with Gasteiger partial charge in [-0.2, -0.15) is 0 Å². The zero-order valence-corrected chi connectivity index (χ0v) is 24.4. The third-order valence-electron chi connectivity index (χ3n) is 8.08. The summed E-state index contributed by atoms with van der Waals surface area (Å²) in [7, 11) is 0. The first-order chi connectivity index (χ1) is 30.4. The molecule has 0 saturated heterocycles. The third kappa shape index (κ3) is 4.64. The summed E-state index contributed by atoms with van der Waals surface area (Å²) in [4.78, 5) is 0. The number of hydrogen-bond donors (Lipinski definition) is 0. The molecule has 0 saturated carbocycles. The lowest BCUT2D eigenvalue weighted by molar-refractivity contribution is 0.632. The molecule has 1 aromatic heterocycles. The molecular weight excluding hydrogens is 569 g/mol. The van der Waals surface area contributed by atoms with E-state index < -0.39 is 135 Å². The first kappa shape index (κ1) is 14.9. The van der Waals surface area contributed by atoms with Gasteiger partial charge in [-0.1, -0.05) is 169 Å². The molecule has 220 valence electrons. The van der Waals surface area contributed by atoms with Crippen LogP contribution in [0.25, 0.3) is 88.3 Å². The van der Waals surface area contributed by atoms with E-state index in [4.69, 9.17) is 16.8 Å². The molecule has 0 N–H and O–H groups in total. The second-order valence-corrected chi connectivity index (χ2v) is 10.7. The normalized spacial score (nSPS) is 16.5. The van der Waals surface area contributed by atoms with Crippen LogP contribution < -0.4 is 0 Å². The van der Waals surface area contributed by atoms with E-state index >= 15 is 0 Å². The lowest BCUT2D eigenvalue weighted by atomic mass is 9.84. The fourth-order valence-electron chi connectivity index (χ4n) is 6.01. The Morgan fingerprint density at radius 3 is 1.45 bits per heavy atom. The van der Waals surface area contributed by atoms with Crippen molar-refractivity contribution >= 4 is 32.5 Å². The zero-order valence-electron chi connectivity index (χ0n) is 41.4. The van der Waals surface area contributed by atoms with Gasteiger partial charge in [-0.15, -0.1) is 0 Å². The van der Waals surface area contributed by atoms with Crippen LogP contribution >= 0.6 is 0 Å². The van der Waals surface area contributed by atoms with Crippen molar-refractivity contribution in [3.63, 3.8) is 0 Å². The predicted molar refractivity (Wildman–Crippen MR) is 198 cm³/mol. The van der Waals surface area contributed by atoms with Crippen LogP contribution in [0.5, 0.6) is 0 Å². The van der Waals surface area contributed by atoms with Gasteiger partial charge in [0.25, 0.3) is 0 Å². The highest BCUT2D eigenvalue weighted by Gasteiger charge is 2.24. The van der Waals surface area contributed by atoms with Crippen molar-refractivity contribution in [3.8, 4) is 55.8 Å². The van der Waals surface area contributed by atoms with Gasteiger partial charge in [0, 0.05) is 22.1 Å².